The molecule has 1 aliphatic heterocycles. The molecule has 16 heavy (non-hydrogen) atoms. The molecule has 0 saturated heterocycles. The predicted octanol–water partition coefficient (Wildman–Crippen LogP) is 1.39. The summed E-state index contributed by atoms with van der Waals surface area (Å²) in [7, 11) is 1.52. The van der Waals surface area contributed by atoms with Gasteiger partial charge in [0.25, 0.3) is 11.8 Å². The number of hydrogen-bond donors (Lipinski definition) is 1. The second kappa shape index (κ2) is 3.98. The number of benzene rings is 1. The van der Waals surface area contributed by atoms with E-state index in [4.69, 9.17) is 16.3 Å². The third-order valence-electron chi connectivity index (χ3n) is 2.22. The number of imide groups is 1. The van der Waals surface area contributed by atoms with Crippen molar-refractivity contribution < 1.29 is 14.3 Å². The minimum Gasteiger partial charge on any atom is -0.497 e. The van der Waals surface area contributed by atoms with Crippen LogP contribution in [0.25, 0.3) is 5.57 Å². The second-order valence-electron chi connectivity index (χ2n) is 3.22. The highest BCUT2D eigenvalue weighted by molar-refractivity contribution is 6.39. The van der Waals surface area contributed by atoms with E-state index in [1.54, 1.807) is 18.2 Å². The van der Waals surface area contributed by atoms with Crippen molar-refractivity contribution in [3.8, 4) is 5.75 Å². The third kappa shape index (κ3) is 1.79. The molecular formula is C11H8ClNO3. The molecule has 2 rings (SSSR count). The normalized spacial score (nSPS) is 14.8. The highest BCUT2D eigenvalue weighted by atomic mass is 35.5. The van der Waals surface area contributed by atoms with Gasteiger partial charge < -0.3 is 4.74 Å². The van der Waals surface area contributed by atoms with Gasteiger partial charge in [-0.25, -0.2) is 0 Å². The minimum atomic E-state index is -0.444. The SMILES string of the molecule is COc1ccc(Cl)c(C2=CC(=O)NC2=O)c1. The molecule has 0 aliphatic carbocycles. The second-order valence-corrected chi connectivity index (χ2v) is 3.63. The van der Waals surface area contributed by atoms with E-state index in [1.807, 2.05) is 0 Å². The number of nitrogens with one attached hydrogen (secondary N) is 1. The van der Waals surface area contributed by atoms with Gasteiger partial charge in [0.1, 0.15) is 5.75 Å². The highest BCUT2D eigenvalue weighted by Crippen LogP contribution is 2.29. The van der Waals surface area contributed by atoms with Crippen LogP contribution in [0.15, 0.2) is 24.3 Å². The van der Waals surface area contributed by atoms with Gasteiger partial charge in [-0.2, -0.15) is 0 Å². The predicted molar refractivity (Wildman–Crippen MR) is 59.1 cm³/mol. The summed E-state index contributed by atoms with van der Waals surface area (Å²) in [5.41, 5.74) is 0.748. The molecule has 4 nitrogen and oxygen atoms in total. The fourth-order valence-corrected chi connectivity index (χ4v) is 1.67. The third-order valence-corrected chi connectivity index (χ3v) is 2.55. The van der Waals surface area contributed by atoms with Crippen molar-refractivity contribution in [2.75, 3.05) is 7.11 Å². The number of rotatable bonds is 2. The zero-order valence-corrected chi connectivity index (χ0v) is 9.17. The topological polar surface area (TPSA) is 55.4 Å². The molecule has 1 aromatic rings. The summed E-state index contributed by atoms with van der Waals surface area (Å²) in [5.74, 6) is -0.300. The Morgan fingerprint density at radius 3 is 2.62 bits per heavy atom. The fraction of sp³-hybridized carbons (Fsp3) is 0.0909. The first kappa shape index (κ1) is 10.7. The first-order valence-corrected chi connectivity index (χ1v) is 4.90. The van der Waals surface area contributed by atoms with Gasteiger partial charge in [0.2, 0.25) is 0 Å². The highest BCUT2D eigenvalue weighted by Gasteiger charge is 2.24. The molecule has 1 N–H and O–H groups in total. The Balaban J connectivity index is 2.51. The molecule has 1 heterocycles. The summed E-state index contributed by atoms with van der Waals surface area (Å²) < 4.78 is 5.03. The minimum absolute atomic E-state index is 0.258. The van der Waals surface area contributed by atoms with Gasteiger partial charge >= 0.3 is 0 Å². The van der Waals surface area contributed by atoms with Crippen molar-refractivity contribution in [1.29, 1.82) is 0 Å². The van der Waals surface area contributed by atoms with E-state index in [2.05, 4.69) is 5.32 Å². The number of amides is 2. The van der Waals surface area contributed by atoms with Crippen LogP contribution in [0.3, 0.4) is 0 Å². The zero-order chi connectivity index (χ0) is 11.7. The molecular weight excluding hydrogens is 230 g/mol. The number of carbonyl (C=O) groups excluding carboxylic acids is 2. The van der Waals surface area contributed by atoms with Gasteiger partial charge in [-0.3, -0.25) is 14.9 Å². The Bertz CT molecular complexity index is 508. The van der Waals surface area contributed by atoms with Crippen molar-refractivity contribution in [2.45, 2.75) is 0 Å². The Kier molecular flexibility index (Phi) is 2.66. The Hall–Kier alpha value is -1.81. The molecule has 0 radical (unpaired) electrons. The van der Waals surface area contributed by atoms with E-state index in [0.717, 1.165) is 0 Å². The Morgan fingerprint density at radius 1 is 1.31 bits per heavy atom. The Morgan fingerprint density at radius 2 is 2.06 bits per heavy atom. The zero-order valence-electron chi connectivity index (χ0n) is 8.41. The molecule has 0 spiro atoms. The smallest absolute Gasteiger partial charge is 0.258 e. The molecule has 1 aliphatic rings. The van der Waals surface area contributed by atoms with Crippen LogP contribution >= 0.6 is 11.6 Å². The van der Waals surface area contributed by atoms with Gasteiger partial charge in [-0.15, -0.1) is 0 Å². The van der Waals surface area contributed by atoms with Crippen molar-refractivity contribution in [3.63, 3.8) is 0 Å². The van der Waals surface area contributed by atoms with Crippen LogP contribution in [-0.4, -0.2) is 18.9 Å². The van der Waals surface area contributed by atoms with Crippen molar-refractivity contribution in [1.82, 2.24) is 5.32 Å². The summed E-state index contributed by atoms with van der Waals surface area (Å²) in [5, 5.41) is 2.56. The summed E-state index contributed by atoms with van der Waals surface area (Å²) in [6.45, 7) is 0. The summed E-state index contributed by atoms with van der Waals surface area (Å²) in [4.78, 5) is 22.5. The number of methoxy groups -OCH3 is 1. The number of hydrogen-bond acceptors (Lipinski definition) is 3. The van der Waals surface area contributed by atoms with E-state index >= 15 is 0 Å². The first-order valence-electron chi connectivity index (χ1n) is 4.52. The van der Waals surface area contributed by atoms with Gasteiger partial charge in [0.15, 0.2) is 0 Å². The van der Waals surface area contributed by atoms with Crippen molar-refractivity contribution in [2.24, 2.45) is 0 Å². The monoisotopic (exact) mass is 237 g/mol. The standard InChI is InChI=1S/C11H8ClNO3/c1-16-6-2-3-9(12)7(4-6)8-5-10(14)13-11(8)15/h2-5H,1H3,(H,13,14,15). The first-order chi connectivity index (χ1) is 7.61. The molecule has 5 heteroatoms. The van der Waals surface area contributed by atoms with Crippen LogP contribution in [0.4, 0.5) is 0 Å². The largest absolute Gasteiger partial charge is 0.497 e. The van der Waals surface area contributed by atoms with Crippen LogP contribution < -0.4 is 10.1 Å². The molecule has 82 valence electrons. The fourth-order valence-electron chi connectivity index (χ4n) is 1.45. The van der Waals surface area contributed by atoms with E-state index in [0.29, 0.717) is 16.3 Å². The molecule has 0 fully saturated rings. The molecule has 0 unspecified atom stereocenters. The van der Waals surface area contributed by atoms with Crippen LogP contribution in [0.2, 0.25) is 5.02 Å². The maximum atomic E-state index is 11.4. The molecule has 0 bridgehead atoms. The van der Waals surface area contributed by atoms with Gasteiger partial charge in [-0.1, -0.05) is 11.6 Å². The maximum Gasteiger partial charge on any atom is 0.258 e. The quantitative estimate of drug-likeness (QED) is 0.791. The average molecular weight is 238 g/mol. The lowest BCUT2D eigenvalue weighted by Crippen LogP contribution is -2.21. The maximum absolute atomic E-state index is 11.4. The van der Waals surface area contributed by atoms with Gasteiger partial charge in [0, 0.05) is 16.7 Å². The van der Waals surface area contributed by atoms with Crippen molar-refractivity contribution >= 4 is 29.0 Å². The number of halogens is 1. The molecule has 0 saturated carbocycles. The molecule has 0 aromatic heterocycles. The van der Waals surface area contributed by atoms with Crippen LogP contribution in [0.5, 0.6) is 5.75 Å². The lowest BCUT2D eigenvalue weighted by atomic mass is 10.1. The van der Waals surface area contributed by atoms with Crippen molar-refractivity contribution in [3.05, 3.63) is 34.9 Å². The summed E-state index contributed by atoms with van der Waals surface area (Å²) >= 11 is 5.96. The van der Waals surface area contributed by atoms with Crippen LogP contribution in [0, 0.1) is 0 Å². The number of carbonyl (C=O) groups is 2. The Labute approximate surface area is 96.9 Å². The van der Waals surface area contributed by atoms with Gasteiger partial charge in [0.05, 0.1) is 12.7 Å². The van der Waals surface area contributed by atoms with E-state index in [-0.39, 0.29) is 5.57 Å². The molecule has 2 amide bonds. The summed E-state index contributed by atoms with van der Waals surface area (Å²) in [6, 6.07) is 4.92. The summed E-state index contributed by atoms with van der Waals surface area (Å²) in [6.07, 6.45) is 1.23. The molecule has 1 aromatic carbocycles. The lowest BCUT2D eigenvalue weighted by Gasteiger charge is -2.06. The van der Waals surface area contributed by atoms with Crippen LogP contribution in [-0.2, 0) is 9.59 Å². The van der Waals surface area contributed by atoms with E-state index in [1.165, 1.54) is 13.2 Å². The van der Waals surface area contributed by atoms with E-state index in [9.17, 15) is 9.59 Å². The average Bonchev–Trinajstić information content (AvgIpc) is 2.58. The van der Waals surface area contributed by atoms with Gasteiger partial charge in [-0.05, 0) is 18.2 Å². The lowest BCUT2D eigenvalue weighted by molar-refractivity contribution is -0.123. The number of ether oxygens (including phenoxy) is 1. The molecule has 0 atom stereocenters. The van der Waals surface area contributed by atoms with E-state index < -0.39 is 11.8 Å². The van der Waals surface area contributed by atoms with Crippen LogP contribution in [0.1, 0.15) is 5.56 Å².